The summed E-state index contributed by atoms with van der Waals surface area (Å²) in [6, 6.07) is 0. The molecule has 0 unspecified atom stereocenters. The van der Waals surface area contributed by atoms with Crippen molar-refractivity contribution in [3.8, 4) is 0 Å². The zero-order valence-electron chi connectivity index (χ0n) is 18.5. The van der Waals surface area contributed by atoms with Gasteiger partial charge in [0, 0.05) is 17.4 Å². The van der Waals surface area contributed by atoms with Gasteiger partial charge in [-0.1, -0.05) is 71.1 Å². The Bertz CT molecular complexity index is 288. The Labute approximate surface area is 178 Å². The average Bonchev–Trinajstić information content (AvgIpc) is 2.70. The fraction of sp³-hybridized carbons (Fsp3) is 1.00. The number of ether oxygens (including phenoxy) is 4. The molecule has 0 atom stereocenters. The van der Waals surface area contributed by atoms with Gasteiger partial charge in [-0.25, -0.2) is 0 Å². The molecule has 1 saturated heterocycles. The third-order valence-electron chi connectivity index (χ3n) is 5.16. The number of unbranched alkanes of at least 4 members (excludes halogenated alkanes) is 9. The minimum Gasteiger partial charge on any atom is -0.379 e. The molecule has 28 heavy (non-hydrogen) atoms. The van der Waals surface area contributed by atoms with Crippen LogP contribution in [0, 0.1) is 5.92 Å². The second-order valence-corrected chi connectivity index (χ2v) is 9.05. The number of hydrogen-bond donors (Lipinski definition) is 0. The van der Waals surface area contributed by atoms with Gasteiger partial charge in [-0.3, -0.25) is 0 Å². The van der Waals surface area contributed by atoms with Crippen molar-refractivity contribution in [2.24, 2.45) is 5.92 Å². The van der Waals surface area contributed by atoms with Crippen LogP contribution in [0.2, 0.25) is 0 Å². The molecule has 0 radical (unpaired) electrons. The van der Waals surface area contributed by atoms with Crippen LogP contribution in [0.15, 0.2) is 0 Å². The summed E-state index contributed by atoms with van der Waals surface area (Å²) in [4.78, 5) is 0. The molecule has 1 heterocycles. The highest BCUT2D eigenvalue weighted by Crippen LogP contribution is 2.15. The van der Waals surface area contributed by atoms with Crippen LogP contribution in [0.1, 0.15) is 77.6 Å². The van der Waals surface area contributed by atoms with Gasteiger partial charge in [0.15, 0.2) is 0 Å². The van der Waals surface area contributed by atoms with E-state index in [-0.39, 0.29) is 0 Å². The van der Waals surface area contributed by atoms with Crippen molar-refractivity contribution < 1.29 is 18.9 Å². The number of hydrogen-bond acceptors (Lipinski definition) is 5. The molecule has 1 fully saturated rings. The zero-order valence-corrected chi connectivity index (χ0v) is 19.3. The molecule has 1 aliphatic heterocycles. The van der Waals surface area contributed by atoms with Crippen LogP contribution in [-0.2, 0) is 18.9 Å². The molecule has 168 valence electrons. The molecule has 0 saturated carbocycles. The maximum Gasteiger partial charge on any atom is 0.0700 e. The molecule has 0 aromatic heterocycles. The van der Waals surface area contributed by atoms with Crippen molar-refractivity contribution in [1.82, 2.24) is 0 Å². The van der Waals surface area contributed by atoms with Crippen LogP contribution in [0.5, 0.6) is 0 Å². The lowest BCUT2D eigenvalue weighted by atomic mass is 10.0. The first-order valence-corrected chi connectivity index (χ1v) is 13.0. The van der Waals surface area contributed by atoms with Crippen molar-refractivity contribution in [1.29, 1.82) is 0 Å². The molecule has 0 bridgehead atoms. The Morgan fingerprint density at radius 2 is 1.04 bits per heavy atom. The summed E-state index contributed by atoms with van der Waals surface area (Å²) in [5.41, 5.74) is 0. The number of thioether (sulfide) groups is 1. The van der Waals surface area contributed by atoms with E-state index in [0.717, 1.165) is 37.9 Å². The molecule has 0 aromatic rings. The Balaban J connectivity index is 2.06. The minimum atomic E-state index is 0.498. The van der Waals surface area contributed by atoms with Crippen LogP contribution >= 0.6 is 11.8 Å². The van der Waals surface area contributed by atoms with Crippen molar-refractivity contribution in [2.45, 2.75) is 77.6 Å². The van der Waals surface area contributed by atoms with Gasteiger partial charge in [0.25, 0.3) is 0 Å². The SMILES string of the molecule is CCCCCCCCCCCCC1COCCOCCSCCOCCOC1. The molecule has 0 aliphatic carbocycles. The molecule has 5 heteroatoms. The molecular formula is C23H46O4S. The second-order valence-electron chi connectivity index (χ2n) is 7.82. The van der Waals surface area contributed by atoms with E-state index in [9.17, 15) is 0 Å². The summed E-state index contributed by atoms with van der Waals surface area (Å²) in [5, 5.41) is 0. The maximum atomic E-state index is 5.85. The molecule has 4 nitrogen and oxygen atoms in total. The molecule has 0 N–H and O–H groups in total. The van der Waals surface area contributed by atoms with E-state index in [2.05, 4.69) is 6.92 Å². The Morgan fingerprint density at radius 3 is 1.57 bits per heavy atom. The van der Waals surface area contributed by atoms with Crippen molar-refractivity contribution in [3.05, 3.63) is 0 Å². The fourth-order valence-corrected chi connectivity index (χ4v) is 4.09. The van der Waals surface area contributed by atoms with Crippen LogP contribution in [0.4, 0.5) is 0 Å². The van der Waals surface area contributed by atoms with Gasteiger partial charge in [0.05, 0.1) is 52.9 Å². The first-order chi connectivity index (χ1) is 13.9. The van der Waals surface area contributed by atoms with E-state index in [0.29, 0.717) is 32.3 Å². The highest BCUT2D eigenvalue weighted by molar-refractivity contribution is 7.99. The van der Waals surface area contributed by atoms with Gasteiger partial charge in [-0.15, -0.1) is 0 Å². The lowest BCUT2D eigenvalue weighted by molar-refractivity contribution is -0.00365. The highest BCUT2D eigenvalue weighted by Gasteiger charge is 2.10. The van der Waals surface area contributed by atoms with E-state index in [1.165, 1.54) is 70.6 Å². The quantitative estimate of drug-likeness (QED) is 0.401. The summed E-state index contributed by atoms with van der Waals surface area (Å²) in [6.45, 7) is 8.26. The van der Waals surface area contributed by atoms with E-state index in [4.69, 9.17) is 18.9 Å². The lowest BCUT2D eigenvalue weighted by Gasteiger charge is -2.18. The smallest absolute Gasteiger partial charge is 0.0700 e. The first-order valence-electron chi connectivity index (χ1n) is 11.8. The summed E-state index contributed by atoms with van der Waals surface area (Å²) in [5.74, 6) is 2.56. The monoisotopic (exact) mass is 418 g/mol. The third kappa shape index (κ3) is 18.2. The van der Waals surface area contributed by atoms with E-state index >= 15 is 0 Å². The molecule has 0 amide bonds. The average molecular weight is 419 g/mol. The predicted octanol–water partition coefficient (Wildman–Crippen LogP) is 5.73. The topological polar surface area (TPSA) is 36.9 Å². The standard InChI is InChI=1S/C23H46O4S/c1-2-3-4-5-6-7-8-9-10-11-12-23-21-26-15-13-24-17-19-28-20-18-25-14-16-27-22-23/h23H,2-22H2,1H3. The molecule has 0 spiro atoms. The van der Waals surface area contributed by atoms with Gasteiger partial charge in [-0.05, 0) is 6.42 Å². The summed E-state index contributed by atoms with van der Waals surface area (Å²) in [6.07, 6.45) is 15.0. The van der Waals surface area contributed by atoms with Crippen molar-refractivity contribution in [2.75, 3.05) is 64.4 Å². The van der Waals surface area contributed by atoms with Crippen LogP contribution in [0.3, 0.4) is 0 Å². The highest BCUT2D eigenvalue weighted by atomic mass is 32.2. The predicted molar refractivity (Wildman–Crippen MR) is 121 cm³/mol. The lowest BCUT2D eigenvalue weighted by Crippen LogP contribution is -2.20. The molecule has 0 aromatic carbocycles. The number of rotatable bonds is 11. The van der Waals surface area contributed by atoms with E-state index < -0.39 is 0 Å². The fourth-order valence-electron chi connectivity index (χ4n) is 3.41. The maximum absolute atomic E-state index is 5.85. The molecule has 1 rings (SSSR count). The third-order valence-corrected chi connectivity index (χ3v) is 6.07. The van der Waals surface area contributed by atoms with Crippen molar-refractivity contribution >= 4 is 11.8 Å². The van der Waals surface area contributed by atoms with E-state index in [1.807, 2.05) is 11.8 Å². The normalized spacial score (nSPS) is 19.6. The Kier molecular flexibility index (Phi) is 20.5. The largest absolute Gasteiger partial charge is 0.379 e. The summed E-state index contributed by atoms with van der Waals surface area (Å²) >= 11 is 1.88. The van der Waals surface area contributed by atoms with Gasteiger partial charge < -0.3 is 18.9 Å². The van der Waals surface area contributed by atoms with E-state index in [1.54, 1.807) is 0 Å². The second kappa shape index (κ2) is 21.9. The van der Waals surface area contributed by atoms with Gasteiger partial charge in [0.2, 0.25) is 0 Å². The summed E-state index contributed by atoms with van der Waals surface area (Å²) in [7, 11) is 0. The Morgan fingerprint density at radius 1 is 0.571 bits per heavy atom. The molecule has 1 aliphatic rings. The summed E-state index contributed by atoms with van der Waals surface area (Å²) < 4.78 is 22.9. The van der Waals surface area contributed by atoms with Gasteiger partial charge in [-0.2, -0.15) is 11.8 Å². The van der Waals surface area contributed by atoms with Crippen LogP contribution in [0.25, 0.3) is 0 Å². The first kappa shape index (κ1) is 26.2. The van der Waals surface area contributed by atoms with Crippen LogP contribution in [-0.4, -0.2) is 64.4 Å². The van der Waals surface area contributed by atoms with Crippen molar-refractivity contribution in [3.63, 3.8) is 0 Å². The van der Waals surface area contributed by atoms with Gasteiger partial charge >= 0.3 is 0 Å². The van der Waals surface area contributed by atoms with Crippen LogP contribution < -0.4 is 0 Å². The van der Waals surface area contributed by atoms with Gasteiger partial charge in [0.1, 0.15) is 0 Å². The Hall–Kier alpha value is 0.190. The molecular weight excluding hydrogens is 372 g/mol. The zero-order chi connectivity index (χ0) is 20.0. The minimum absolute atomic E-state index is 0.498.